The summed E-state index contributed by atoms with van der Waals surface area (Å²) in [7, 11) is 2.26. The van der Waals surface area contributed by atoms with E-state index in [1.54, 1.807) is 0 Å². The van der Waals surface area contributed by atoms with Crippen molar-refractivity contribution in [3.05, 3.63) is 0 Å². The summed E-state index contributed by atoms with van der Waals surface area (Å²) < 4.78 is 5.58. The van der Waals surface area contributed by atoms with Crippen LogP contribution in [-0.4, -0.2) is 50.8 Å². The van der Waals surface area contributed by atoms with Gasteiger partial charge in [-0.05, 0) is 44.7 Å². The van der Waals surface area contributed by atoms with Crippen molar-refractivity contribution in [2.24, 2.45) is 11.8 Å². The van der Waals surface area contributed by atoms with Gasteiger partial charge in [0.15, 0.2) is 0 Å². The summed E-state index contributed by atoms with van der Waals surface area (Å²) in [6.45, 7) is 12.3. The molecule has 0 spiro atoms. The summed E-state index contributed by atoms with van der Waals surface area (Å²) in [5.41, 5.74) is 0. The fraction of sp³-hybridized carbons (Fsp3) is 1.00. The number of nitrogens with one attached hydrogen (secondary N) is 1. The van der Waals surface area contributed by atoms with E-state index in [1.165, 1.54) is 32.2 Å². The van der Waals surface area contributed by atoms with E-state index < -0.39 is 0 Å². The van der Waals surface area contributed by atoms with E-state index in [4.69, 9.17) is 4.74 Å². The zero-order valence-corrected chi connectivity index (χ0v) is 13.5. The summed E-state index contributed by atoms with van der Waals surface area (Å²) in [5, 5.41) is 3.72. The molecule has 1 saturated heterocycles. The zero-order chi connectivity index (χ0) is 14.1. The van der Waals surface area contributed by atoms with Gasteiger partial charge in [-0.3, -0.25) is 0 Å². The molecule has 114 valence electrons. The van der Waals surface area contributed by atoms with E-state index in [1.807, 2.05) is 0 Å². The van der Waals surface area contributed by atoms with Crippen LogP contribution in [0.3, 0.4) is 0 Å². The van der Waals surface area contributed by atoms with Crippen molar-refractivity contribution in [3.63, 3.8) is 0 Å². The largest absolute Gasteiger partial charge is 0.381 e. The Morgan fingerprint density at radius 3 is 2.74 bits per heavy atom. The Morgan fingerprint density at radius 2 is 2.16 bits per heavy atom. The van der Waals surface area contributed by atoms with Gasteiger partial charge in [0.2, 0.25) is 0 Å². The van der Waals surface area contributed by atoms with Crippen LogP contribution >= 0.6 is 0 Å². The van der Waals surface area contributed by atoms with Crippen molar-refractivity contribution in [1.29, 1.82) is 0 Å². The highest BCUT2D eigenvalue weighted by Crippen LogP contribution is 2.15. The van der Waals surface area contributed by atoms with E-state index in [0.717, 1.165) is 38.1 Å². The van der Waals surface area contributed by atoms with Crippen molar-refractivity contribution in [2.75, 3.05) is 39.9 Å². The summed E-state index contributed by atoms with van der Waals surface area (Å²) >= 11 is 0. The molecule has 0 radical (unpaired) electrons. The van der Waals surface area contributed by atoms with Crippen LogP contribution in [0.1, 0.15) is 46.5 Å². The average Bonchev–Trinajstić information content (AvgIpc) is 2.43. The molecular formula is C16H34N2O. The highest BCUT2D eigenvalue weighted by atomic mass is 16.5. The maximum absolute atomic E-state index is 5.58. The lowest BCUT2D eigenvalue weighted by molar-refractivity contribution is 0.0401. The first kappa shape index (κ1) is 16.9. The summed E-state index contributed by atoms with van der Waals surface area (Å²) in [4.78, 5) is 2.50. The molecule has 3 unspecified atom stereocenters. The lowest BCUT2D eigenvalue weighted by Gasteiger charge is -2.32. The Balaban J connectivity index is 2.33. The molecule has 1 fully saturated rings. The Labute approximate surface area is 120 Å². The van der Waals surface area contributed by atoms with E-state index in [2.05, 4.69) is 38.0 Å². The van der Waals surface area contributed by atoms with Gasteiger partial charge in [0, 0.05) is 25.7 Å². The predicted molar refractivity (Wildman–Crippen MR) is 82.6 cm³/mol. The molecule has 0 bridgehead atoms. The zero-order valence-electron chi connectivity index (χ0n) is 13.5. The first-order chi connectivity index (χ1) is 9.17. The number of nitrogens with zero attached hydrogens (tertiary/aromatic N) is 1. The second-order valence-corrected chi connectivity index (χ2v) is 6.25. The molecule has 0 aliphatic carbocycles. The van der Waals surface area contributed by atoms with Gasteiger partial charge in [0.25, 0.3) is 0 Å². The third-order valence-electron chi connectivity index (χ3n) is 4.32. The van der Waals surface area contributed by atoms with Gasteiger partial charge in [-0.25, -0.2) is 0 Å². The van der Waals surface area contributed by atoms with Gasteiger partial charge >= 0.3 is 0 Å². The molecule has 3 nitrogen and oxygen atoms in total. The third kappa shape index (κ3) is 6.73. The van der Waals surface area contributed by atoms with Gasteiger partial charge in [-0.2, -0.15) is 0 Å². The number of likely N-dealkylation sites (N-methyl/N-ethyl adjacent to an activating group) is 1. The number of hydrogen-bond acceptors (Lipinski definition) is 3. The van der Waals surface area contributed by atoms with Gasteiger partial charge in [0.05, 0.1) is 6.61 Å². The van der Waals surface area contributed by atoms with E-state index in [-0.39, 0.29) is 0 Å². The molecule has 3 atom stereocenters. The molecule has 1 aliphatic heterocycles. The van der Waals surface area contributed by atoms with Crippen LogP contribution in [0.4, 0.5) is 0 Å². The minimum atomic E-state index is 0.624. The smallest absolute Gasteiger partial charge is 0.0506 e. The fourth-order valence-corrected chi connectivity index (χ4v) is 2.86. The van der Waals surface area contributed by atoms with Crippen LogP contribution in [0.15, 0.2) is 0 Å². The maximum Gasteiger partial charge on any atom is 0.0506 e. The number of rotatable bonds is 9. The molecule has 1 heterocycles. The molecule has 0 aromatic carbocycles. The molecule has 1 N–H and O–H groups in total. The summed E-state index contributed by atoms with van der Waals surface area (Å²) in [5.74, 6) is 1.49. The molecule has 0 saturated carbocycles. The van der Waals surface area contributed by atoms with Crippen LogP contribution in [0.5, 0.6) is 0 Å². The summed E-state index contributed by atoms with van der Waals surface area (Å²) in [6, 6.07) is 0.624. The van der Waals surface area contributed by atoms with E-state index in [0.29, 0.717) is 6.04 Å². The van der Waals surface area contributed by atoms with Crippen LogP contribution in [0.25, 0.3) is 0 Å². The molecule has 1 aliphatic rings. The van der Waals surface area contributed by atoms with Gasteiger partial charge in [0.1, 0.15) is 0 Å². The molecular weight excluding hydrogens is 236 g/mol. The predicted octanol–water partition coefficient (Wildman–Crippen LogP) is 2.76. The standard InChI is InChI=1S/C16H34N2O/c1-5-9-17-16(14(3)6-2)12-18(4)11-15-8-7-10-19-13-15/h14-17H,5-13H2,1-4H3. The van der Waals surface area contributed by atoms with E-state index >= 15 is 0 Å². The lowest BCUT2D eigenvalue weighted by Crippen LogP contribution is -2.45. The third-order valence-corrected chi connectivity index (χ3v) is 4.32. The highest BCUT2D eigenvalue weighted by Gasteiger charge is 2.20. The van der Waals surface area contributed by atoms with Crippen molar-refractivity contribution in [3.8, 4) is 0 Å². The van der Waals surface area contributed by atoms with Crippen LogP contribution in [-0.2, 0) is 4.74 Å². The Bertz CT molecular complexity index is 217. The van der Waals surface area contributed by atoms with Gasteiger partial charge in [-0.15, -0.1) is 0 Å². The first-order valence-electron chi connectivity index (χ1n) is 8.17. The van der Waals surface area contributed by atoms with E-state index in [9.17, 15) is 0 Å². The van der Waals surface area contributed by atoms with Crippen molar-refractivity contribution >= 4 is 0 Å². The minimum Gasteiger partial charge on any atom is -0.381 e. The maximum atomic E-state index is 5.58. The van der Waals surface area contributed by atoms with Crippen LogP contribution in [0, 0.1) is 11.8 Å². The van der Waals surface area contributed by atoms with Crippen molar-refractivity contribution in [2.45, 2.75) is 52.5 Å². The molecule has 3 heteroatoms. The second kappa shape index (κ2) is 9.73. The Kier molecular flexibility index (Phi) is 8.67. The monoisotopic (exact) mass is 270 g/mol. The first-order valence-corrected chi connectivity index (χ1v) is 8.17. The fourth-order valence-electron chi connectivity index (χ4n) is 2.86. The Morgan fingerprint density at radius 1 is 1.37 bits per heavy atom. The number of ether oxygens (including phenoxy) is 1. The molecule has 19 heavy (non-hydrogen) atoms. The lowest BCUT2D eigenvalue weighted by atomic mass is 9.97. The normalized spacial score (nSPS) is 23.5. The van der Waals surface area contributed by atoms with Gasteiger partial charge in [-0.1, -0.05) is 27.2 Å². The average molecular weight is 270 g/mol. The quantitative estimate of drug-likeness (QED) is 0.697. The topological polar surface area (TPSA) is 24.5 Å². The van der Waals surface area contributed by atoms with Crippen LogP contribution in [0.2, 0.25) is 0 Å². The second-order valence-electron chi connectivity index (χ2n) is 6.25. The molecule has 0 amide bonds. The van der Waals surface area contributed by atoms with Crippen molar-refractivity contribution < 1.29 is 4.74 Å². The SMILES string of the molecule is CCCNC(CN(C)CC1CCCOC1)C(C)CC. The molecule has 1 rings (SSSR count). The summed E-state index contributed by atoms with van der Waals surface area (Å²) in [6.07, 6.45) is 5.04. The Hall–Kier alpha value is -0.120. The highest BCUT2D eigenvalue weighted by molar-refractivity contribution is 4.77. The molecule has 0 aromatic heterocycles. The van der Waals surface area contributed by atoms with Crippen LogP contribution < -0.4 is 5.32 Å². The molecule has 0 aromatic rings. The minimum absolute atomic E-state index is 0.624. The van der Waals surface area contributed by atoms with Crippen molar-refractivity contribution in [1.82, 2.24) is 10.2 Å². The number of hydrogen-bond donors (Lipinski definition) is 1. The van der Waals surface area contributed by atoms with Gasteiger partial charge < -0.3 is 15.0 Å².